The van der Waals surface area contributed by atoms with Crippen molar-refractivity contribution in [2.24, 2.45) is 5.92 Å². The van der Waals surface area contributed by atoms with Gasteiger partial charge in [0.25, 0.3) is 0 Å². The molecule has 7 heteroatoms. The molecule has 1 aliphatic carbocycles. The predicted octanol–water partition coefficient (Wildman–Crippen LogP) is 0.466. The first-order valence-corrected chi connectivity index (χ1v) is 10.0. The first-order chi connectivity index (χ1) is 11.3. The molecule has 1 saturated carbocycles. The van der Waals surface area contributed by atoms with Gasteiger partial charge in [-0.15, -0.1) is 0 Å². The van der Waals surface area contributed by atoms with Gasteiger partial charge in [0, 0.05) is 18.8 Å². The second kappa shape index (κ2) is 6.46. The van der Waals surface area contributed by atoms with Gasteiger partial charge in [0.1, 0.15) is 0 Å². The third kappa shape index (κ3) is 3.34. The summed E-state index contributed by atoms with van der Waals surface area (Å²) >= 11 is 0. The van der Waals surface area contributed by atoms with Crippen LogP contribution in [0, 0.1) is 5.92 Å². The van der Waals surface area contributed by atoms with E-state index in [9.17, 15) is 13.2 Å². The minimum absolute atomic E-state index is 0.0377. The van der Waals surface area contributed by atoms with Crippen LogP contribution in [-0.2, 0) is 25.8 Å². The van der Waals surface area contributed by atoms with Gasteiger partial charge in [-0.25, -0.2) is 8.42 Å². The van der Waals surface area contributed by atoms with Gasteiger partial charge in [0.2, 0.25) is 5.91 Å². The highest BCUT2D eigenvalue weighted by atomic mass is 32.2. The highest BCUT2D eigenvalue weighted by Crippen LogP contribution is 2.41. The fraction of sp³-hybridized carbons (Fsp3) is 0.588. The number of nitrogens with one attached hydrogen (secondary N) is 1. The summed E-state index contributed by atoms with van der Waals surface area (Å²) in [4.78, 5) is 14.7. The Morgan fingerprint density at radius 1 is 1.29 bits per heavy atom. The summed E-state index contributed by atoms with van der Waals surface area (Å²) in [6.45, 7) is 0.763. The second-order valence-corrected chi connectivity index (χ2v) is 8.94. The van der Waals surface area contributed by atoms with E-state index >= 15 is 0 Å². The van der Waals surface area contributed by atoms with Gasteiger partial charge in [-0.1, -0.05) is 12.1 Å². The zero-order chi connectivity index (χ0) is 17.5. The van der Waals surface area contributed by atoms with E-state index in [2.05, 4.69) is 10.2 Å². The monoisotopic (exact) mass is 352 g/mol. The average Bonchev–Trinajstić information content (AvgIpc) is 2.87. The van der Waals surface area contributed by atoms with Crippen molar-refractivity contribution in [1.82, 2.24) is 10.2 Å². The topological polar surface area (TPSA) is 75.7 Å². The molecular weight excluding hydrogens is 328 g/mol. The van der Waals surface area contributed by atoms with E-state index in [1.54, 1.807) is 24.3 Å². The molecule has 24 heavy (non-hydrogen) atoms. The average molecular weight is 352 g/mol. The summed E-state index contributed by atoms with van der Waals surface area (Å²) in [6.07, 6.45) is 2.63. The Bertz CT molecular complexity index is 715. The van der Waals surface area contributed by atoms with Crippen molar-refractivity contribution in [3.8, 4) is 0 Å². The van der Waals surface area contributed by atoms with Crippen LogP contribution in [0.5, 0.6) is 0 Å². The molecule has 2 aliphatic rings. The molecule has 3 rings (SSSR count). The Labute approximate surface area is 143 Å². The first kappa shape index (κ1) is 17.4. The number of ether oxygens (including phenoxy) is 1. The number of hydrogen-bond acceptors (Lipinski definition) is 5. The van der Waals surface area contributed by atoms with Gasteiger partial charge in [0.15, 0.2) is 9.84 Å². The van der Waals surface area contributed by atoms with Gasteiger partial charge >= 0.3 is 0 Å². The van der Waals surface area contributed by atoms with Crippen molar-refractivity contribution in [3.05, 3.63) is 29.8 Å². The minimum Gasteiger partial charge on any atom is -0.376 e. The maximum absolute atomic E-state index is 12.4. The van der Waals surface area contributed by atoms with Crippen LogP contribution in [0.15, 0.2) is 29.2 Å². The summed E-state index contributed by atoms with van der Waals surface area (Å²) in [5.41, 5.74) is 0.805. The Morgan fingerprint density at radius 3 is 2.54 bits per heavy atom. The number of carbonyl (C=O) groups is 1. The van der Waals surface area contributed by atoms with Crippen LogP contribution in [0.25, 0.3) is 0 Å². The highest BCUT2D eigenvalue weighted by molar-refractivity contribution is 7.90. The van der Waals surface area contributed by atoms with Gasteiger partial charge in [-0.2, -0.15) is 0 Å². The normalized spacial score (nSPS) is 29.2. The number of fused-ring (bicyclic) bond motifs is 1. The van der Waals surface area contributed by atoms with Gasteiger partial charge in [0.05, 0.1) is 29.5 Å². The molecule has 1 aromatic rings. The molecule has 0 unspecified atom stereocenters. The predicted molar refractivity (Wildman–Crippen MR) is 90.5 cm³/mol. The zero-order valence-corrected chi connectivity index (χ0v) is 15.0. The number of rotatable bonds is 5. The molecule has 1 amide bonds. The maximum Gasteiger partial charge on any atom is 0.224 e. The van der Waals surface area contributed by atoms with Crippen LogP contribution in [0.1, 0.15) is 12.0 Å². The van der Waals surface area contributed by atoms with Crippen molar-refractivity contribution in [1.29, 1.82) is 0 Å². The Balaban J connectivity index is 1.61. The lowest BCUT2D eigenvalue weighted by Crippen LogP contribution is -2.69. The molecule has 0 radical (unpaired) electrons. The fourth-order valence-electron chi connectivity index (χ4n) is 3.76. The summed E-state index contributed by atoms with van der Waals surface area (Å²) in [5, 5.41) is 3.13. The molecule has 132 valence electrons. The van der Waals surface area contributed by atoms with Crippen LogP contribution in [-0.4, -0.2) is 64.4 Å². The summed E-state index contributed by atoms with van der Waals surface area (Å²) in [5.74, 6) is 0.360. The maximum atomic E-state index is 12.4. The van der Waals surface area contributed by atoms with Crippen molar-refractivity contribution in [2.75, 3.05) is 27.0 Å². The van der Waals surface area contributed by atoms with Gasteiger partial charge < -0.3 is 15.0 Å². The number of amides is 1. The standard InChI is InChI=1S/C17H24N2O4S/c1-19(2)16-15(13-8-9-23-17(13)16)18-14(20)10-11-4-6-12(7-5-11)24(3,21)22/h4-7,13,15-17H,8-10H2,1-3H3,(H,18,20)/t13-,15+,16-,17-/m1/s1. The van der Waals surface area contributed by atoms with E-state index in [1.165, 1.54) is 6.26 Å². The number of sulfone groups is 1. The van der Waals surface area contributed by atoms with E-state index in [0.29, 0.717) is 5.92 Å². The van der Waals surface area contributed by atoms with E-state index in [0.717, 1.165) is 18.6 Å². The van der Waals surface area contributed by atoms with Crippen molar-refractivity contribution in [3.63, 3.8) is 0 Å². The van der Waals surface area contributed by atoms with Gasteiger partial charge in [-0.05, 0) is 38.2 Å². The summed E-state index contributed by atoms with van der Waals surface area (Å²) in [7, 11) is 0.803. The number of likely N-dealkylation sites (N-methyl/N-ethyl adjacent to an activating group) is 1. The van der Waals surface area contributed by atoms with E-state index in [1.807, 2.05) is 14.1 Å². The third-order valence-corrected chi connectivity index (χ3v) is 6.12. The lowest BCUT2D eigenvalue weighted by molar-refractivity contribution is -0.127. The smallest absolute Gasteiger partial charge is 0.224 e. The van der Waals surface area contributed by atoms with Crippen molar-refractivity contribution >= 4 is 15.7 Å². The van der Waals surface area contributed by atoms with Crippen molar-refractivity contribution in [2.45, 2.75) is 35.9 Å². The quantitative estimate of drug-likeness (QED) is 0.834. The molecule has 6 nitrogen and oxygen atoms in total. The lowest BCUT2D eigenvalue weighted by Gasteiger charge is -2.50. The lowest BCUT2D eigenvalue weighted by atomic mass is 9.71. The Kier molecular flexibility index (Phi) is 4.68. The molecule has 1 N–H and O–H groups in total. The van der Waals surface area contributed by atoms with Gasteiger partial charge in [-0.3, -0.25) is 4.79 Å². The molecule has 1 aromatic carbocycles. The molecule has 1 saturated heterocycles. The van der Waals surface area contributed by atoms with E-state index in [-0.39, 0.29) is 35.4 Å². The van der Waals surface area contributed by atoms with E-state index < -0.39 is 9.84 Å². The molecule has 4 atom stereocenters. The highest BCUT2D eigenvalue weighted by Gasteiger charge is 2.55. The number of hydrogen-bond donors (Lipinski definition) is 1. The SMILES string of the molecule is CN(C)[C@@H]1[C@@H](NC(=O)Cc2ccc(S(C)(=O)=O)cc2)[C@H]2CCO[C@H]21. The number of carbonyl (C=O) groups excluding carboxylic acids is 1. The molecule has 2 fully saturated rings. The zero-order valence-electron chi connectivity index (χ0n) is 14.2. The van der Waals surface area contributed by atoms with Crippen LogP contribution < -0.4 is 5.32 Å². The largest absolute Gasteiger partial charge is 0.376 e. The number of benzene rings is 1. The van der Waals surface area contributed by atoms with Crippen LogP contribution in [0.4, 0.5) is 0 Å². The second-order valence-electron chi connectivity index (χ2n) is 6.93. The molecular formula is C17H24N2O4S. The molecule has 0 bridgehead atoms. The number of nitrogens with zero attached hydrogens (tertiary/aromatic N) is 1. The summed E-state index contributed by atoms with van der Waals surface area (Å²) < 4.78 is 28.7. The third-order valence-electron chi connectivity index (χ3n) is 4.99. The minimum atomic E-state index is -3.21. The van der Waals surface area contributed by atoms with Crippen LogP contribution in [0.2, 0.25) is 0 Å². The van der Waals surface area contributed by atoms with E-state index in [4.69, 9.17) is 4.74 Å². The summed E-state index contributed by atoms with van der Waals surface area (Å²) in [6, 6.07) is 6.82. The molecule has 1 heterocycles. The molecule has 0 aromatic heterocycles. The Hall–Kier alpha value is -1.44. The van der Waals surface area contributed by atoms with Crippen LogP contribution in [0.3, 0.4) is 0 Å². The van der Waals surface area contributed by atoms with Crippen molar-refractivity contribution < 1.29 is 17.9 Å². The fourth-order valence-corrected chi connectivity index (χ4v) is 4.39. The molecule has 1 aliphatic heterocycles. The molecule has 0 spiro atoms. The van der Waals surface area contributed by atoms with Crippen LogP contribution >= 0.6 is 0 Å². The first-order valence-electron chi connectivity index (χ1n) is 8.14. The Morgan fingerprint density at radius 2 is 1.96 bits per heavy atom.